The van der Waals surface area contributed by atoms with Gasteiger partial charge in [-0.05, 0) is 49.2 Å². The number of hydrogen-bond acceptors (Lipinski definition) is 6. The summed E-state index contributed by atoms with van der Waals surface area (Å²) in [7, 11) is -6.39. The number of carbonyl (C=O) groups is 1. The lowest BCUT2D eigenvalue weighted by Gasteiger charge is -2.23. The van der Waals surface area contributed by atoms with Gasteiger partial charge in [-0.25, -0.2) is 21.6 Å². The number of hydrogen-bond donors (Lipinski definition) is 2. The zero-order chi connectivity index (χ0) is 24.6. The minimum absolute atomic E-state index is 0.00212. The van der Waals surface area contributed by atoms with E-state index in [1.807, 2.05) is 0 Å². The molecule has 1 aliphatic rings. The number of sulfonamides is 2. The summed E-state index contributed by atoms with van der Waals surface area (Å²) in [5.74, 6) is -0.498. The lowest BCUT2D eigenvalue weighted by molar-refractivity contribution is -0.116. The number of methoxy groups -OCH3 is 1. The Kier molecular flexibility index (Phi) is 9.20. The second-order valence-electron chi connectivity index (χ2n) is 8.17. The van der Waals surface area contributed by atoms with Gasteiger partial charge in [-0.2, -0.15) is 4.31 Å². The minimum atomic E-state index is -4.07. The lowest BCUT2D eigenvalue weighted by atomic mass is 9.96. The second-order valence-corrected chi connectivity index (χ2v) is 11.8. The van der Waals surface area contributed by atoms with Gasteiger partial charge in [0.05, 0.1) is 22.9 Å². The normalized spacial score (nSPS) is 15.4. The van der Waals surface area contributed by atoms with E-state index in [0.29, 0.717) is 5.69 Å². The predicted molar refractivity (Wildman–Crippen MR) is 129 cm³/mol. The van der Waals surface area contributed by atoms with E-state index in [-0.39, 0.29) is 29.0 Å². The van der Waals surface area contributed by atoms with Crippen LogP contribution < -0.4 is 10.0 Å². The standard InChI is InChI=1S/C23H31N3O6S2/c1-32-17-16-26(18-23(27)24-19-8-4-2-5-9-19)34(30,31)22-14-12-21(13-15-22)33(28,29)25-20-10-6-3-7-11-20/h2,4-5,8-9,12-15,20,25H,3,6-7,10-11,16-18H2,1H3,(H,24,27). The van der Waals surface area contributed by atoms with Gasteiger partial charge in [0.25, 0.3) is 0 Å². The highest BCUT2D eigenvalue weighted by Crippen LogP contribution is 2.22. The SMILES string of the molecule is COCCN(CC(=O)Nc1ccccc1)S(=O)(=O)c1ccc(S(=O)(=O)NC2CCCCC2)cc1. The van der Waals surface area contributed by atoms with Crippen molar-refractivity contribution in [2.45, 2.75) is 47.9 Å². The molecule has 1 aliphatic carbocycles. The van der Waals surface area contributed by atoms with Gasteiger partial charge in [0, 0.05) is 25.4 Å². The van der Waals surface area contributed by atoms with Crippen LogP contribution in [0.15, 0.2) is 64.4 Å². The van der Waals surface area contributed by atoms with Gasteiger partial charge in [-0.3, -0.25) is 4.79 Å². The highest BCUT2D eigenvalue weighted by molar-refractivity contribution is 7.89. The average Bonchev–Trinajstić information content (AvgIpc) is 2.82. The van der Waals surface area contributed by atoms with Crippen molar-refractivity contribution in [3.05, 3.63) is 54.6 Å². The average molecular weight is 510 g/mol. The molecular formula is C23H31N3O6S2. The van der Waals surface area contributed by atoms with Crippen molar-refractivity contribution in [3.8, 4) is 0 Å². The van der Waals surface area contributed by atoms with E-state index in [9.17, 15) is 21.6 Å². The molecule has 0 aromatic heterocycles. The van der Waals surface area contributed by atoms with Crippen molar-refractivity contribution >= 4 is 31.6 Å². The molecule has 0 aliphatic heterocycles. The van der Waals surface area contributed by atoms with Gasteiger partial charge in [-0.1, -0.05) is 37.5 Å². The summed E-state index contributed by atoms with van der Waals surface area (Å²) in [6.07, 6.45) is 4.67. The molecule has 1 fully saturated rings. The zero-order valence-corrected chi connectivity index (χ0v) is 20.8. The molecule has 2 aromatic rings. The van der Waals surface area contributed by atoms with E-state index in [4.69, 9.17) is 4.74 Å². The Labute approximate surface area is 201 Å². The number of nitrogens with zero attached hydrogens (tertiary/aromatic N) is 1. The van der Waals surface area contributed by atoms with E-state index in [0.717, 1.165) is 36.4 Å². The number of nitrogens with one attached hydrogen (secondary N) is 2. The highest BCUT2D eigenvalue weighted by atomic mass is 32.2. The summed E-state index contributed by atoms with van der Waals surface area (Å²) in [6, 6.07) is 13.7. The van der Waals surface area contributed by atoms with Crippen LogP contribution in [0.1, 0.15) is 32.1 Å². The molecule has 1 amide bonds. The Morgan fingerprint density at radius 3 is 2.18 bits per heavy atom. The Morgan fingerprint density at radius 1 is 0.941 bits per heavy atom. The summed E-state index contributed by atoms with van der Waals surface area (Å²) in [4.78, 5) is 12.4. The maximum absolute atomic E-state index is 13.2. The van der Waals surface area contributed by atoms with Crippen LogP contribution >= 0.6 is 0 Å². The second kappa shape index (κ2) is 11.9. The van der Waals surface area contributed by atoms with E-state index < -0.39 is 32.5 Å². The van der Waals surface area contributed by atoms with Crippen LogP contribution in [0.2, 0.25) is 0 Å². The van der Waals surface area contributed by atoms with Crippen molar-refractivity contribution in [2.75, 3.05) is 32.1 Å². The van der Waals surface area contributed by atoms with Gasteiger partial charge in [-0.15, -0.1) is 0 Å². The molecule has 9 nitrogen and oxygen atoms in total. The summed E-state index contributed by atoms with van der Waals surface area (Å²) in [5.41, 5.74) is 0.552. The molecule has 0 saturated heterocycles. The third-order valence-corrected chi connectivity index (χ3v) is 9.02. The zero-order valence-electron chi connectivity index (χ0n) is 19.1. The summed E-state index contributed by atoms with van der Waals surface area (Å²) < 4.78 is 60.6. The first-order chi connectivity index (χ1) is 16.2. The van der Waals surface area contributed by atoms with Crippen LogP contribution in [0.3, 0.4) is 0 Å². The number of anilines is 1. The van der Waals surface area contributed by atoms with Crippen LogP contribution in [0.5, 0.6) is 0 Å². The molecule has 0 bridgehead atoms. The molecule has 0 radical (unpaired) electrons. The molecular weight excluding hydrogens is 478 g/mol. The number of rotatable bonds is 11. The minimum Gasteiger partial charge on any atom is -0.383 e. The number of amides is 1. The van der Waals surface area contributed by atoms with E-state index in [2.05, 4.69) is 10.0 Å². The number of benzene rings is 2. The van der Waals surface area contributed by atoms with Crippen molar-refractivity contribution in [3.63, 3.8) is 0 Å². The number of para-hydroxylation sites is 1. The fourth-order valence-corrected chi connectivity index (χ4v) is 6.49. The van der Waals surface area contributed by atoms with Gasteiger partial charge in [0.2, 0.25) is 26.0 Å². The fourth-order valence-electron chi connectivity index (χ4n) is 3.81. The van der Waals surface area contributed by atoms with Crippen LogP contribution in [0, 0.1) is 0 Å². The molecule has 186 valence electrons. The molecule has 1 saturated carbocycles. The Morgan fingerprint density at radius 2 is 1.56 bits per heavy atom. The molecule has 0 spiro atoms. The topological polar surface area (TPSA) is 122 Å². The Hall–Kier alpha value is -2.31. The molecule has 0 heterocycles. The molecule has 0 atom stereocenters. The number of carbonyl (C=O) groups excluding carboxylic acids is 1. The molecule has 2 aromatic carbocycles. The first kappa shape index (κ1) is 26.3. The van der Waals surface area contributed by atoms with Crippen LogP contribution in [0.25, 0.3) is 0 Å². The van der Waals surface area contributed by atoms with Crippen molar-refractivity contribution in [2.24, 2.45) is 0 Å². The van der Waals surface area contributed by atoms with Crippen LogP contribution in [0.4, 0.5) is 5.69 Å². The van der Waals surface area contributed by atoms with E-state index in [1.165, 1.54) is 31.4 Å². The predicted octanol–water partition coefficient (Wildman–Crippen LogP) is 2.57. The molecule has 0 unspecified atom stereocenters. The van der Waals surface area contributed by atoms with Crippen molar-refractivity contribution in [1.82, 2.24) is 9.03 Å². The smallest absolute Gasteiger partial charge is 0.243 e. The summed E-state index contributed by atoms with van der Waals surface area (Å²) in [6.45, 7) is -0.357. The first-order valence-corrected chi connectivity index (χ1v) is 14.1. The van der Waals surface area contributed by atoms with Crippen molar-refractivity contribution in [1.29, 1.82) is 0 Å². The fraction of sp³-hybridized carbons (Fsp3) is 0.435. The quantitative estimate of drug-likeness (QED) is 0.480. The maximum Gasteiger partial charge on any atom is 0.243 e. The largest absolute Gasteiger partial charge is 0.383 e. The number of ether oxygens (including phenoxy) is 1. The third-order valence-electron chi connectivity index (χ3n) is 5.62. The van der Waals surface area contributed by atoms with Gasteiger partial charge < -0.3 is 10.1 Å². The molecule has 11 heteroatoms. The van der Waals surface area contributed by atoms with Gasteiger partial charge in [0.1, 0.15) is 0 Å². The molecule has 3 rings (SSSR count). The molecule has 2 N–H and O–H groups in total. The van der Waals surface area contributed by atoms with Gasteiger partial charge in [0.15, 0.2) is 0 Å². The Bertz CT molecular complexity index is 1150. The first-order valence-electron chi connectivity index (χ1n) is 11.2. The highest BCUT2D eigenvalue weighted by Gasteiger charge is 2.28. The van der Waals surface area contributed by atoms with Crippen LogP contribution in [-0.4, -0.2) is 59.9 Å². The summed E-state index contributed by atoms with van der Waals surface area (Å²) in [5, 5.41) is 2.67. The molecule has 34 heavy (non-hydrogen) atoms. The van der Waals surface area contributed by atoms with E-state index >= 15 is 0 Å². The maximum atomic E-state index is 13.2. The van der Waals surface area contributed by atoms with Crippen LogP contribution in [-0.2, 0) is 29.6 Å². The van der Waals surface area contributed by atoms with Gasteiger partial charge >= 0.3 is 0 Å². The third kappa shape index (κ3) is 7.09. The monoisotopic (exact) mass is 509 g/mol. The summed E-state index contributed by atoms with van der Waals surface area (Å²) >= 11 is 0. The Balaban J connectivity index is 1.74. The lowest BCUT2D eigenvalue weighted by Crippen LogP contribution is -2.40. The van der Waals surface area contributed by atoms with E-state index in [1.54, 1.807) is 30.3 Å². The van der Waals surface area contributed by atoms with Crippen molar-refractivity contribution < 1.29 is 26.4 Å².